The maximum atomic E-state index is 11.9. The summed E-state index contributed by atoms with van der Waals surface area (Å²) in [6.45, 7) is 4.33. The van der Waals surface area contributed by atoms with E-state index in [1.54, 1.807) is 33.8 Å². The number of aryl methyl sites for hydroxylation is 1. The van der Waals surface area contributed by atoms with Gasteiger partial charge in [0.2, 0.25) is 0 Å². The Morgan fingerprint density at radius 3 is 2.81 bits per heavy atom. The van der Waals surface area contributed by atoms with E-state index in [1.165, 1.54) is 0 Å². The van der Waals surface area contributed by atoms with Gasteiger partial charge in [0.15, 0.2) is 0 Å². The van der Waals surface area contributed by atoms with Gasteiger partial charge in [-0.15, -0.1) is 0 Å². The summed E-state index contributed by atoms with van der Waals surface area (Å²) >= 11 is 6.50. The highest BCUT2D eigenvalue weighted by Gasteiger charge is 2.20. The summed E-state index contributed by atoms with van der Waals surface area (Å²) in [6.07, 6.45) is 9.07. The largest absolute Gasteiger partial charge is 0.381 e. The molecule has 1 fully saturated rings. The lowest BCUT2D eigenvalue weighted by atomic mass is 10.0. The predicted molar refractivity (Wildman–Crippen MR) is 104 cm³/mol. The number of pyridine rings is 2. The molecule has 0 N–H and O–H groups in total. The van der Waals surface area contributed by atoms with Gasteiger partial charge in [0.05, 0.1) is 30.1 Å². The van der Waals surface area contributed by atoms with Crippen LogP contribution in [0.2, 0.25) is 5.02 Å². The lowest BCUT2D eigenvalue weighted by Gasteiger charge is -2.25. The van der Waals surface area contributed by atoms with Crippen molar-refractivity contribution in [1.29, 1.82) is 0 Å². The molecule has 0 aliphatic carbocycles. The molecule has 3 aromatic rings. The van der Waals surface area contributed by atoms with Crippen LogP contribution >= 0.6 is 11.6 Å². The molecule has 0 saturated carbocycles. The second kappa shape index (κ2) is 7.66. The number of halogens is 1. The molecule has 1 aliphatic heterocycles. The summed E-state index contributed by atoms with van der Waals surface area (Å²) in [6, 6.07) is 5.27. The van der Waals surface area contributed by atoms with Gasteiger partial charge in [-0.1, -0.05) is 18.5 Å². The normalized spacial score (nSPS) is 14.3. The van der Waals surface area contributed by atoms with Crippen molar-refractivity contribution in [3.63, 3.8) is 0 Å². The van der Waals surface area contributed by atoms with Crippen molar-refractivity contribution in [2.45, 2.75) is 26.3 Å². The summed E-state index contributed by atoms with van der Waals surface area (Å²) in [4.78, 5) is 16.4. The van der Waals surface area contributed by atoms with Gasteiger partial charge in [-0.25, -0.2) is 4.68 Å². The second-order valence-corrected chi connectivity index (χ2v) is 7.26. The molecule has 4 heterocycles. The van der Waals surface area contributed by atoms with E-state index >= 15 is 0 Å². The highest BCUT2D eigenvalue weighted by atomic mass is 35.5. The van der Waals surface area contributed by atoms with E-state index in [-0.39, 0.29) is 5.56 Å². The minimum atomic E-state index is -0.00678. The van der Waals surface area contributed by atoms with Crippen molar-refractivity contribution in [3.05, 3.63) is 64.1 Å². The zero-order valence-electron chi connectivity index (χ0n) is 15.1. The average molecular weight is 385 g/mol. The van der Waals surface area contributed by atoms with E-state index in [4.69, 9.17) is 16.3 Å². The van der Waals surface area contributed by atoms with Crippen LogP contribution in [-0.4, -0.2) is 32.5 Å². The standard InChI is InChI=1S/C20H21ClN4O2/c1-2-5-24-11-17(3-4-20(24)26)25-10-15(8-23-25)18-9-22-16(7-19(18)21)6-14-12-27-13-14/h3-4,7-11,14H,2,5-6,12-13H2,1H3. The number of hydrogen-bond acceptors (Lipinski definition) is 4. The third-order valence-electron chi connectivity index (χ3n) is 4.71. The van der Waals surface area contributed by atoms with Crippen molar-refractivity contribution in [1.82, 2.24) is 19.3 Å². The molecule has 6 nitrogen and oxygen atoms in total. The van der Waals surface area contributed by atoms with Gasteiger partial charge in [0, 0.05) is 53.9 Å². The summed E-state index contributed by atoms with van der Waals surface area (Å²) in [7, 11) is 0. The van der Waals surface area contributed by atoms with Crippen LogP contribution in [0.5, 0.6) is 0 Å². The summed E-state index contributed by atoms with van der Waals surface area (Å²) in [5.74, 6) is 0.543. The first kappa shape index (κ1) is 17.9. The van der Waals surface area contributed by atoms with E-state index in [0.717, 1.165) is 48.6 Å². The Kier molecular flexibility index (Phi) is 5.09. The van der Waals surface area contributed by atoms with Crippen LogP contribution in [0.1, 0.15) is 19.0 Å². The van der Waals surface area contributed by atoms with Gasteiger partial charge in [0.25, 0.3) is 5.56 Å². The van der Waals surface area contributed by atoms with Gasteiger partial charge < -0.3 is 9.30 Å². The first-order valence-electron chi connectivity index (χ1n) is 9.12. The molecule has 0 unspecified atom stereocenters. The Hall–Kier alpha value is -2.44. The number of nitrogens with zero attached hydrogens (tertiary/aromatic N) is 4. The maximum Gasteiger partial charge on any atom is 0.250 e. The zero-order chi connectivity index (χ0) is 18.8. The van der Waals surface area contributed by atoms with E-state index < -0.39 is 0 Å². The molecule has 0 spiro atoms. The van der Waals surface area contributed by atoms with Gasteiger partial charge in [-0.2, -0.15) is 5.10 Å². The van der Waals surface area contributed by atoms with Crippen LogP contribution in [0.4, 0.5) is 0 Å². The summed E-state index contributed by atoms with van der Waals surface area (Å²) in [5, 5.41) is 5.09. The molecule has 3 aromatic heterocycles. The Balaban J connectivity index is 1.59. The van der Waals surface area contributed by atoms with Crippen LogP contribution in [-0.2, 0) is 17.7 Å². The molecule has 140 valence electrons. The van der Waals surface area contributed by atoms with E-state index in [9.17, 15) is 4.79 Å². The Bertz CT molecular complexity index is 1010. The molecular weight excluding hydrogens is 364 g/mol. The van der Waals surface area contributed by atoms with Crippen LogP contribution < -0.4 is 5.56 Å². The third-order valence-corrected chi connectivity index (χ3v) is 5.02. The first-order chi connectivity index (χ1) is 13.1. The van der Waals surface area contributed by atoms with Crippen molar-refractivity contribution >= 4 is 11.6 Å². The van der Waals surface area contributed by atoms with Crippen LogP contribution in [0, 0.1) is 5.92 Å². The fourth-order valence-corrected chi connectivity index (χ4v) is 3.45. The van der Waals surface area contributed by atoms with Crippen LogP contribution in [0.3, 0.4) is 0 Å². The molecule has 7 heteroatoms. The minimum absolute atomic E-state index is 0.00678. The molecule has 0 amide bonds. The smallest absolute Gasteiger partial charge is 0.250 e. The summed E-state index contributed by atoms with van der Waals surface area (Å²) in [5.41, 5.74) is 3.54. The van der Waals surface area contributed by atoms with E-state index in [0.29, 0.717) is 17.5 Å². The van der Waals surface area contributed by atoms with Crippen molar-refractivity contribution in [2.24, 2.45) is 5.92 Å². The predicted octanol–water partition coefficient (Wildman–Crippen LogP) is 3.35. The molecule has 27 heavy (non-hydrogen) atoms. The molecule has 0 radical (unpaired) electrons. The third kappa shape index (κ3) is 3.82. The Labute approximate surface area is 162 Å². The highest BCUT2D eigenvalue weighted by Crippen LogP contribution is 2.29. The number of ether oxygens (including phenoxy) is 1. The van der Waals surface area contributed by atoms with Crippen LogP contribution in [0.15, 0.2) is 47.8 Å². The first-order valence-corrected chi connectivity index (χ1v) is 9.50. The van der Waals surface area contributed by atoms with Crippen molar-refractivity contribution in [2.75, 3.05) is 13.2 Å². The number of hydrogen-bond donors (Lipinski definition) is 0. The van der Waals surface area contributed by atoms with Gasteiger partial charge >= 0.3 is 0 Å². The Morgan fingerprint density at radius 2 is 2.11 bits per heavy atom. The molecule has 4 rings (SSSR count). The molecule has 1 aliphatic rings. The summed E-state index contributed by atoms with van der Waals surface area (Å²) < 4.78 is 8.66. The fourth-order valence-electron chi connectivity index (χ4n) is 3.17. The second-order valence-electron chi connectivity index (χ2n) is 6.86. The number of rotatable bonds is 6. The van der Waals surface area contributed by atoms with Crippen LogP contribution in [0.25, 0.3) is 16.8 Å². The monoisotopic (exact) mass is 384 g/mol. The number of aromatic nitrogens is 4. The zero-order valence-corrected chi connectivity index (χ0v) is 15.9. The van der Waals surface area contributed by atoms with Crippen molar-refractivity contribution < 1.29 is 4.74 Å². The highest BCUT2D eigenvalue weighted by molar-refractivity contribution is 6.33. The topological polar surface area (TPSA) is 61.9 Å². The lowest BCUT2D eigenvalue weighted by Crippen LogP contribution is -2.29. The fraction of sp³-hybridized carbons (Fsp3) is 0.350. The van der Waals surface area contributed by atoms with Crippen molar-refractivity contribution in [3.8, 4) is 16.8 Å². The van der Waals surface area contributed by atoms with Gasteiger partial charge in [-0.3, -0.25) is 9.78 Å². The van der Waals surface area contributed by atoms with Gasteiger partial charge in [-0.05, 0) is 25.0 Å². The maximum absolute atomic E-state index is 11.9. The van der Waals surface area contributed by atoms with E-state index in [1.807, 2.05) is 25.4 Å². The SMILES string of the molecule is CCCn1cc(-n2cc(-c3cnc(CC4COC4)cc3Cl)cn2)ccc1=O. The minimum Gasteiger partial charge on any atom is -0.381 e. The van der Waals surface area contributed by atoms with Gasteiger partial charge in [0.1, 0.15) is 0 Å². The molecular formula is C20H21ClN4O2. The Morgan fingerprint density at radius 1 is 1.26 bits per heavy atom. The molecule has 1 saturated heterocycles. The lowest BCUT2D eigenvalue weighted by molar-refractivity contribution is -0.0316. The molecule has 0 bridgehead atoms. The quantitative estimate of drug-likeness (QED) is 0.653. The van der Waals surface area contributed by atoms with E-state index in [2.05, 4.69) is 10.1 Å². The molecule has 0 aromatic carbocycles. The average Bonchev–Trinajstić information content (AvgIpc) is 3.10. The molecule has 0 atom stereocenters.